The third-order valence-corrected chi connectivity index (χ3v) is 4.40. The van der Waals surface area contributed by atoms with Crippen LogP contribution in [-0.2, 0) is 0 Å². The summed E-state index contributed by atoms with van der Waals surface area (Å²) in [7, 11) is 0. The van der Waals surface area contributed by atoms with Gasteiger partial charge in [-0.2, -0.15) is 0 Å². The van der Waals surface area contributed by atoms with Gasteiger partial charge in [0, 0.05) is 12.5 Å². The van der Waals surface area contributed by atoms with E-state index in [0.29, 0.717) is 11.8 Å². The van der Waals surface area contributed by atoms with E-state index in [2.05, 4.69) is 34.9 Å². The van der Waals surface area contributed by atoms with Crippen LogP contribution in [-0.4, -0.2) is 31.0 Å². The maximum atomic E-state index is 10.4. The molecule has 0 aromatic heterocycles. The van der Waals surface area contributed by atoms with Gasteiger partial charge in [0.05, 0.1) is 0 Å². The molecule has 0 spiro atoms. The Kier molecular flexibility index (Phi) is 4.31. The lowest BCUT2D eigenvalue weighted by Gasteiger charge is -2.24. The maximum Gasteiger partial charge on any atom is 0.127 e. The standard InChI is InChI=1S/C17H22N2O/c20-17-15-9-7-5-3-1-2-4-6-8-14(15)16-12-18-10-13(16)11-19-17/h1-9,13-14,16-20H,10-12H2/b3-1-,4-2-,7-5-,8-6?,15-9+. The molecular weight excluding hydrogens is 248 g/mol. The zero-order valence-electron chi connectivity index (χ0n) is 11.6. The molecule has 2 heterocycles. The molecule has 0 amide bonds. The van der Waals surface area contributed by atoms with E-state index < -0.39 is 6.23 Å². The number of aliphatic hydroxyl groups excluding tert-OH is 1. The lowest BCUT2D eigenvalue weighted by Crippen LogP contribution is -2.33. The van der Waals surface area contributed by atoms with Crippen LogP contribution < -0.4 is 10.6 Å². The van der Waals surface area contributed by atoms with Crippen molar-refractivity contribution in [2.24, 2.45) is 17.8 Å². The fourth-order valence-electron chi connectivity index (χ4n) is 3.33. The largest absolute Gasteiger partial charge is 0.375 e. The van der Waals surface area contributed by atoms with E-state index in [1.807, 2.05) is 30.4 Å². The van der Waals surface area contributed by atoms with Crippen molar-refractivity contribution in [3.63, 3.8) is 0 Å². The summed E-state index contributed by atoms with van der Waals surface area (Å²) >= 11 is 0. The fourth-order valence-corrected chi connectivity index (χ4v) is 3.33. The first kappa shape index (κ1) is 13.6. The number of nitrogens with one attached hydrogen (secondary N) is 2. The second-order valence-corrected chi connectivity index (χ2v) is 5.63. The highest BCUT2D eigenvalue weighted by atomic mass is 16.3. The predicted molar refractivity (Wildman–Crippen MR) is 82.0 cm³/mol. The molecule has 3 heteroatoms. The van der Waals surface area contributed by atoms with Crippen LogP contribution in [0.1, 0.15) is 0 Å². The van der Waals surface area contributed by atoms with Gasteiger partial charge in [-0.3, -0.25) is 5.32 Å². The normalized spacial score (nSPS) is 44.1. The first-order valence-corrected chi connectivity index (χ1v) is 7.36. The molecule has 0 saturated carbocycles. The average molecular weight is 270 g/mol. The first-order chi connectivity index (χ1) is 9.86. The molecule has 20 heavy (non-hydrogen) atoms. The SMILES string of the molecule is OC1NCC2CNCC2C2C=C\C=C/C=C\C=C/C=C/12. The molecule has 4 unspecified atom stereocenters. The summed E-state index contributed by atoms with van der Waals surface area (Å²) in [5, 5.41) is 17.1. The van der Waals surface area contributed by atoms with Crippen LogP contribution in [0.2, 0.25) is 0 Å². The minimum absolute atomic E-state index is 0.285. The highest BCUT2D eigenvalue weighted by molar-refractivity contribution is 5.29. The minimum Gasteiger partial charge on any atom is -0.375 e. The van der Waals surface area contributed by atoms with Gasteiger partial charge in [0.25, 0.3) is 0 Å². The summed E-state index contributed by atoms with van der Waals surface area (Å²) in [4.78, 5) is 0. The van der Waals surface area contributed by atoms with Crippen LogP contribution in [0.4, 0.5) is 0 Å². The van der Waals surface area contributed by atoms with Gasteiger partial charge in [0.1, 0.15) is 6.23 Å². The second kappa shape index (κ2) is 6.35. The number of hydrogen-bond acceptors (Lipinski definition) is 3. The Morgan fingerprint density at radius 2 is 1.65 bits per heavy atom. The van der Waals surface area contributed by atoms with Crippen molar-refractivity contribution in [2.45, 2.75) is 6.23 Å². The Hall–Kier alpha value is -1.42. The Bertz CT molecular complexity index is 487. The molecule has 2 aliphatic heterocycles. The van der Waals surface area contributed by atoms with Crippen molar-refractivity contribution in [3.8, 4) is 0 Å². The van der Waals surface area contributed by atoms with Crippen LogP contribution >= 0.6 is 0 Å². The predicted octanol–water partition coefficient (Wildman–Crippen LogP) is 1.52. The molecule has 0 aromatic rings. The summed E-state index contributed by atoms with van der Waals surface area (Å²) in [5.41, 5.74) is 1.07. The van der Waals surface area contributed by atoms with Gasteiger partial charge >= 0.3 is 0 Å². The van der Waals surface area contributed by atoms with Gasteiger partial charge in [-0.25, -0.2) is 0 Å². The molecule has 0 aromatic carbocycles. The second-order valence-electron chi connectivity index (χ2n) is 5.63. The maximum absolute atomic E-state index is 10.4. The molecule has 3 nitrogen and oxygen atoms in total. The van der Waals surface area contributed by atoms with Crippen LogP contribution in [0.25, 0.3) is 0 Å². The third kappa shape index (κ3) is 2.85. The quantitative estimate of drug-likeness (QED) is 0.625. The highest BCUT2D eigenvalue weighted by Gasteiger charge is 2.38. The van der Waals surface area contributed by atoms with Crippen molar-refractivity contribution >= 4 is 0 Å². The number of rotatable bonds is 0. The molecule has 3 N–H and O–H groups in total. The van der Waals surface area contributed by atoms with Gasteiger partial charge in [0.2, 0.25) is 0 Å². The van der Waals surface area contributed by atoms with Gasteiger partial charge in [-0.1, -0.05) is 54.7 Å². The summed E-state index contributed by atoms with van der Waals surface area (Å²) in [6.45, 7) is 2.94. The molecule has 1 aliphatic carbocycles. The topological polar surface area (TPSA) is 44.3 Å². The molecule has 2 saturated heterocycles. The zero-order valence-corrected chi connectivity index (χ0v) is 11.6. The van der Waals surface area contributed by atoms with Crippen LogP contribution in [0.15, 0.2) is 60.3 Å². The minimum atomic E-state index is -0.548. The van der Waals surface area contributed by atoms with Crippen molar-refractivity contribution in [2.75, 3.05) is 19.6 Å². The number of fused-ring (bicyclic) bond motifs is 3. The van der Waals surface area contributed by atoms with Crippen LogP contribution in [0, 0.1) is 17.8 Å². The summed E-state index contributed by atoms with van der Waals surface area (Å²) in [5.74, 6) is 1.42. The first-order valence-electron chi connectivity index (χ1n) is 7.36. The lowest BCUT2D eigenvalue weighted by molar-refractivity contribution is 0.169. The Balaban J connectivity index is 1.98. The van der Waals surface area contributed by atoms with Crippen molar-refractivity contribution in [1.82, 2.24) is 10.6 Å². The molecule has 2 fully saturated rings. The van der Waals surface area contributed by atoms with Gasteiger partial charge in [-0.05, 0) is 30.5 Å². The van der Waals surface area contributed by atoms with E-state index in [4.69, 9.17) is 0 Å². The number of hydrogen-bond donors (Lipinski definition) is 3. The summed E-state index contributed by atoms with van der Waals surface area (Å²) in [6, 6.07) is 0. The average Bonchev–Trinajstić information content (AvgIpc) is 2.84. The smallest absolute Gasteiger partial charge is 0.127 e. The monoisotopic (exact) mass is 270 g/mol. The molecule has 106 valence electrons. The molecule has 0 radical (unpaired) electrons. The van der Waals surface area contributed by atoms with Gasteiger partial charge < -0.3 is 10.4 Å². The Morgan fingerprint density at radius 3 is 2.50 bits per heavy atom. The lowest BCUT2D eigenvalue weighted by atomic mass is 9.80. The fraction of sp³-hybridized carbons (Fsp3) is 0.412. The van der Waals surface area contributed by atoms with Crippen molar-refractivity contribution < 1.29 is 5.11 Å². The van der Waals surface area contributed by atoms with E-state index in [-0.39, 0.29) is 5.92 Å². The summed E-state index contributed by atoms with van der Waals surface area (Å²) < 4.78 is 0. The van der Waals surface area contributed by atoms with Crippen molar-refractivity contribution in [1.29, 1.82) is 0 Å². The summed E-state index contributed by atoms with van der Waals surface area (Å²) in [6.07, 6.45) is 17.9. The molecule has 0 bridgehead atoms. The Morgan fingerprint density at radius 1 is 0.900 bits per heavy atom. The van der Waals surface area contributed by atoms with Crippen LogP contribution in [0.3, 0.4) is 0 Å². The number of aliphatic hydroxyl groups is 1. The zero-order chi connectivity index (χ0) is 13.8. The van der Waals surface area contributed by atoms with E-state index >= 15 is 0 Å². The van der Waals surface area contributed by atoms with Gasteiger partial charge in [-0.15, -0.1) is 0 Å². The van der Waals surface area contributed by atoms with Gasteiger partial charge in [0.15, 0.2) is 0 Å². The number of allylic oxidation sites excluding steroid dienone is 9. The molecule has 3 aliphatic rings. The molecule has 4 atom stereocenters. The van der Waals surface area contributed by atoms with Crippen molar-refractivity contribution in [3.05, 3.63) is 60.3 Å². The van der Waals surface area contributed by atoms with E-state index in [1.165, 1.54) is 0 Å². The molecular formula is C17H22N2O. The Labute approximate surface area is 120 Å². The third-order valence-electron chi connectivity index (χ3n) is 4.40. The molecule has 3 rings (SSSR count). The van der Waals surface area contributed by atoms with E-state index in [1.54, 1.807) is 0 Å². The highest BCUT2D eigenvalue weighted by Crippen LogP contribution is 2.35. The van der Waals surface area contributed by atoms with E-state index in [9.17, 15) is 5.11 Å². The van der Waals surface area contributed by atoms with E-state index in [0.717, 1.165) is 25.2 Å². The van der Waals surface area contributed by atoms with Crippen LogP contribution in [0.5, 0.6) is 0 Å².